The van der Waals surface area contributed by atoms with E-state index < -0.39 is 0 Å². The van der Waals surface area contributed by atoms with Crippen molar-refractivity contribution in [3.63, 3.8) is 0 Å². The van der Waals surface area contributed by atoms with Gasteiger partial charge in [-0.1, -0.05) is 24.3 Å². The van der Waals surface area contributed by atoms with Crippen LogP contribution in [0.15, 0.2) is 24.3 Å². The third kappa shape index (κ3) is 4.12. The van der Waals surface area contributed by atoms with Gasteiger partial charge in [0.05, 0.1) is 0 Å². The molecule has 0 atom stereocenters. The zero-order chi connectivity index (χ0) is 15.2. The van der Waals surface area contributed by atoms with Crippen molar-refractivity contribution in [1.82, 2.24) is 9.80 Å². The molecule has 0 bridgehead atoms. The summed E-state index contributed by atoms with van der Waals surface area (Å²) in [7, 11) is 0. The van der Waals surface area contributed by atoms with E-state index in [-0.39, 0.29) is 0 Å². The summed E-state index contributed by atoms with van der Waals surface area (Å²) >= 11 is 0. The fourth-order valence-electron chi connectivity index (χ4n) is 3.84. The molecule has 0 aromatic heterocycles. The lowest BCUT2D eigenvalue weighted by atomic mass is 10.0. The van der Waals surface area contributed by atoms with Crippen LogP contribution in [0.2, 0.25) is 0 Å². The quantitative estimate of drug-likeness (QED) is 0.769. The molecule has 2 heterocycles. The Bertz CT molecular complexity index is 485. The van der Waals surface area contributed by atoms with Crippen LogP contribution in [-0.4, -0.2) is 42.0 Å². The van der Waals surface area contributed by atoms with Crippen LogP contribution < -0.4 is 0 Å². The Morgan fingerprint density at radius 3 is 2.23 bits per heavy atom. The summed E-state index contributed by atoms with van der Waals surface area (Å²) in [5, 5.41) is 0. The molecule has 2 fully saturated rings. The predicted molar refractivity (Wildman–Crippen MR) is 92.7 cm³/mol. The number of likely N-dealkylation sites (tertiary alicyclic amines) is 2. The first kappa shape index (κ1) is 15.6. The molecule has 0 aliphatic carbocycles. The number of aryl methyl sites for hydroxylation is 1. The second-order valence-corrected chi connectivity index (χ2v) is 6.77. The SMILES string of the molecule is C#CCCc1ccc(CN2CCC(N3CCCC3)CC2)cc1. The fourth-order valence-corrected chi connectivity index (χ4v) is 3.84. The number of piperidine rings is 1. The molecule has 0 amide bonds. The number of rotatable bonds is 5. The minimum Gasteiger partial charge on any atom is -0.300 e. The zero-order valence-electron chi connectivity index (χ0n) is 13.6. The van der Waals surface area contributed by atoms with E-state index in [0.29, 0.717) is 0 Å². The molecule has 0 radical (unpaired) electrons. The van der Waals surface area contributed by atoms with E-state index in [1.807, 2.05) is 0 Å². The van der Waals surface area contributed by atoms with Gasteiger partial charge in [-0.15, -0.1) is 12.3 Å². The van der Waals surface area contributed by atoms with Gasteiger partial charge in [-0.05, 0) is 69.4 Å². The van der Waals surface area contributed by atoms with Gasteiger partial charge in [-0.3, -0.25) is 4.90 Å². The van der Waals surface area contributed by atoms with E-state index >= 15 is 0 Å². The number of terminal acetylenes is 1. The van der Waals surface area contributed by atoms with Gasteiger partial charge in [0.2, 0.25) is 0 Å². The van der Waals surface area contributed by atoms with E-state index in [1.54, 1.807) is 0 Å². The van der Waals surface area contributed by atoms with Crippen LogP contribution in [0.4, 0.5) is 0 Å². The van der Waals surface area contributed by atoms with Crippen LogP contribution in [0.5, 0.6) is 0 Å². The lowest BCUT2D eigenvalue weighted by Gasteiger charge is -2.36. The standard InChI is InChI=1S/C20H28N2/c1-2-3-6-18-7-9-19(10-8-18)17-21-15-11-20(12-16-21)22-13-4-5-14-22/h1,7-10,20H,3-6,11-17H2. The topological polar surface area (TPSA) is 6.48 Å². The molecule has 118 valence electrons. The summed E-state index contributed by atoms with van der Waals surface area (Å²) in [5.74, 6) is 2.71. The molecule has 0 spiro atoms. The maximum absolute atomic E-state index is 5.33. The van der Waals surface area contributed by atoms with Gasteiger partial charge in [0.15, 0.2) is 0 Å². The van der Waals surface area contributed by atoms with Crippen LogP contribution in [0.3, 0.4) is 0 Å². The molecule has 2 heteroatoms. The van der Waals surface area contributed by atoms with Gasteiger partial charge in [-0.25, -0.2) is 0 Å². The van der Waals surface area contributed by atoms with Crippen molar-refractivity contribution in [1.29, 1.82) is 0 Å². The van der Waals surface area contributed by atoms with E-state index in [1.165, 1.54) is 63.0 Å². The third-order valence-corrected chi connectivity index (χ3v) is 5.20. The Labute approximate surface area is 135 Å². The monoisotopic (exact) mass is 296 g/mol. The van der Waals surface area contributed by atoms with Gasteiger partial charge in [0.1, 0.15) is 0 Å². The van der Waals surface area contributed by atoms with Gasteiger partial charge < -0.3 is 4.90 Å². The Balaban J connectivity index is 1.45. The van der Waals surface area contributed by atoms with Crippen molar-refractivity contribution in [2.75, 3.05) is 26.2 Å². The molecular weight excluding hydrogens is 268 g/mol. The van der Waals surface area contributed by atoms with Crippen molar-refractivity contribution in [3.05, 3.63) is 35.4 Å². The van der Waals surface area contributed by atoms with Crippen LogP contribution in [-0.2, 0) is 13.0 Å². The van der Waals surface area contributed by atoms with Crippen LogP contribution in [0.1, 0.15) is 43.2 Å². The average molecular weight is 296 g/mol. The normalized spacial score (nSPS) is 21.0. The Kier molecular flexibility index (Phi) is 5.53. The summed E-state index contributed by atoms with van der Waals surface area (Å²) < 4.78 is 0. The highest BCUT2D eigenvalue weighted by atomic mass is 15.2. The predicted octanol–water partition coefficient (Wildman–Crippen LogP) is 3.31. The molecule has 1 aromatic carbocycles. The van der Waals surface area contributed by atoms with Crippen LogP contribution in [0, 0.1) is 12.3 Å². The van der Waals surface area contributed by atoms with Gasteiger partial charge >= 0.3 is 0 Å². The first-order valence-electron chi connectivity index (χ1n) is 8.83. The highest BCUT2D eigenvalue weighted by molar-refractivity contribution is 5.23. The summed E-state index contributed by atoms with van der Waals surface area (Å²) in [6, 6.07) is 9.88. The van der Waals surface area contributed by atoms with Gasteiger partial charge in [-0.2, -0.15) is 0 Å². The molecule has 2 aliphatic heterocycles. The highest BCUT2D eigenvalue weighted by Gasteiger charge is 2.26. The molecule has 0 N–H and O–H groups in total. The van der Waals surface area contributed by atoms with Crippen molar-refractivity contribution < 1.29 is 0 Å². The largest absolute Gasteiger partial charge is 0.300 e. The lowest BCUT2D eigenvalue weighted by Crippen LogP contribution is -2.43. The van der Waals surface area contributed by atoms with E-state index in [4.69, 9.17) is 6.42 Å². The average Bonchev–Trinajstić information content (AvgIpc) is 3.09. The van der Waals surface area contributed by atoms with Crippen molar-refractivity contribution in [3.8, 4) is 12.3 Å². The van der Waals surface area contributed by atoms with Gasteiger partial charge in [0.25, 0.3) is 0 Å². The molecule has 0 unspecified atom stereocenters. The molecule has 2 saturated heterocycles. The summed E-state index contributed by atoms with van der Waals surface area (Å²) in [6.45, 7) is 6.27. The smallest absolute Gasteiger partial charge is 0.0233 e. The Hall–Kier alpha value is -1.30. The molecule has 1 aromatic rings. The van der Waals surface area contributed by atoms with Crippen molar-refractivity contribution >= 4 is 0 Å². The minimum atomic E-state index is 0.837. The molecule has 2 aliphatic rings. The molecule has 2 nitrogen and oxygen atoms in total. The first-order valence-corrected chi connectivity index (χ1v) is 8.83. The summed E-state index contributed by atoms with van der Waals surface area (Å²) in [5.41, 5.74) is 2.79. The maximum Gasteiger partial charge on any atom is 0.0233 e. The number of hydrogen-bond acceptors (Lipinski definition) is 2. The van der Waals surface area contributed by atoms with Crippen LogP contribution >= 0.6 is 0 Å². The van der Waals surface area contributed by atoms with E-state index in [2.05, 4.69) is 40.0 Å². The van der Waals surface area contributed by atoms with E-state index in [9.17, 15) is 0 Å². The molecule has 22 heavy (non-hydrogen) atoms. The van der Waals surface area contributed by atoms with E-state index in [0.717, 1.165) is 25.4 Å². The molecular formula is C20H28N2. The molecule has 3 rings (SSSR count). The second-order valence-electron chi connectivity index (χ2n) is 6.77. The van der Waals surface area contributed by atoms with Crippen molar-refractivity contribution in [2.24, 2.45) is 0 Å². The summed E-state index contributed by atoms with van der Waals surface area (Å²) in [6.07, 6.45) is 12.7. The third-order valence-electron chi connectivity index (χ3n) is 5.20. The Morgan fingerprint density at radius 1 is 0.955 bits per heavy atom. The van der Waals surface area contributed by atoms with Crippen LogP contribution in [0.25, 0.3) is 0 Å². The number of nitrogens with zero attached hydrogens (tertiary/aromatic N) is 2. The lowest BCUT2D eigenvalue weighted by molar-refractivity contribution is 0.122. The number of benzene rings is 1. The number of hydrogen-bond donors (Lipinski definition) is 0. The fraction of sp³-hybridized carbons (Fsp3) is 0.600. The molecule has 0 saturated carbocycles. The highest BCUT2D eigenvalue weighted by Crippen LogP contribution is 2.22. The van der Waals surface area contributed by atoms with Gasteiger partial charge in [0, 0.05) is 19.0 Å². The second kappa shape index (κ2) is 7.81. The zero-order valence-corrected chi connectivity index (χ0v) is 13.6. The minimum absolute atomic E-state index is 0.837. The maximum atomic E-state index is 5.33. The first-order chi connectivity index (χ1) is 10.8. The summed E-state index contributed by atoms with van der Waals surface area (Å²) in [4.78, 5) is 5.33. The van der Waals surface area contributed by atoms with Crippen molar-refractivity contribution in [2.45, 2.75) is 51.1 Å². The Morgan fingerprint density at radius 2 is 1.59 bits per heavy atom.